The molecule has 2 amide bonds. The average molecular weight is 435 g/mol. The number of rotatable bonds is 6. The quantitative estimate of drug-likeness (QED) is 0.667. The standard InChI is InChI=1S/C20H22FN3O5S/c1-29-15-10-8-14(9-11-15)13-19(25)22-23-20(26)17-6-4-12-24(17)30(27,28)18-7-3-2-5-16(18)21/h2-3,5,7-11,17H,4,6,12-13H2,1H3,(H,22,25)(H,23,26). The number of halogens is 1. The molecule has 0 aliphatic carbocycles. The van der Waals surface area contributed by atoms with Crippen LogP contribution < -0.4 is 15.6 Å². The molecule has 0 bridgehead atoms. The lowest BCUT2D eigenvalue weighted by Crippen LogP contribution is -2.51. The number of carbonyl (C=O) groups excluding carboxylic acids is 2. The van der Waals surface area contributed by atoms with Gasteiger partial charge in [0.05, 0.1) is 13.5 Å². The molecule has 1 aliphatic rings. The molecule has 10 heteroatoms. The summed E-state index contributed by atoms with van der Waals surface area (Å²) in [6.07, 6.45) is 0.742. The predicted molar refractivity (Wildman–Crippen MR) is 106 cm³/mol. The Bertz CT molecular complexity index is 1030. The summed E-state index contributed by atoms with van der Waals surface area (Å²) in [6.45, 7) is 0.0918. The molecule has 0 aromatic heterocycles. The van der Waals surface area contributed by atoms with Crippen LogP contribution in [0.3, 0.4) is 0 Å². The third-order valence-corrected chi connectivity index (χ3v) is 6.72. The normalized spacial score (nSPS) is 16.8. The van der Waals surface area contributed by atoms with Crippen molar-refractivity contribution in [1.29, 1.82) is 0 Å². The summed E-state index contributed by atoms with van der Waals surface area (Å²) in [5.74, 6) is -1.35. The first-order chi connectivity index (χ1) is 14.3. The molecule has 1 heterocycles. The lowest BCUT2D eigenvalue weighted by Gasteiger charge is -2.23. The van der Waals surface area contributed by atoms with E-state index in [1.807, 2.05) is 0 Å². The maximum atomic E-state index is 14.0. The van der Waals surface area contributed by atoms with E-state index in [9.17, 15) is 22.4 Å². The SMILES string of the molecule is COc1ccc(CC(=O)NNC(=O)C2CCCN2S(=O)(=O)c2ccccc2F)cc1. The van der Waals surface area contributed by atoms with Crippen LogP contribution in [0.15, 0.2) is 53.4 Å². The second-order valence-electron chi connectivity index (χ2n) is 6.77. The Balaban J connectivity index is 1.61. The molecule has 3 rings (SSSR count). The van der Waals surface area contributed by atoms with E-state index in [1.54, 1.807) is 24.3 Å². The van der Waals surface area contributed by atoms with Crippen LogP contribution in [-0.2, 0) is 26.0 Å². The molecule has 1 fully saturated rings. The molecule has 2 N–H and O–H groups in total. The van der Waals surface area contributed by atoms with Gasteiger partial charge in [-0.2, -0.15) is 4.31 Å². The van der Waals surface area contributed by atoms with Crippen LogP contribution in [0.4, 0.5) is 4.39 Å². The van der Waals surface area contributed by atoms with Crippen LogP contribution in [0.1, 0.15) is 18.4 Å². The Morgan fingerprint density at radius 3 is 2.50 bits per heavy atom. The summed E-state index contributed by atoms with van der Waals surface area (Å²) in [6, 6.07) is 10.9. The Morgan fingerprint density at radius 1 is 1.13 bits per heavy atom. The number of hydrogen-bond donors (Lipinski definition) is 2. The number of nitrogens with zero attached hydrogens (tertiary/aromatic N) is 1. The molecule has 8 nitrogen and oxygen atoms in total. The van der Waals surface area contributed by atoms with Crippen molar-refractivity contribution in [2.24, 2.45) is 0 Å². The molecule has 2 aromatic carbocycles. The number of sulfonamides is 1. The Hall–Kier alpha value is -2.98. The molecule has 0 radical (unpaired) electrons. The number of carbonyl (C=O) groups is 2. The van der Waals surface area contributed by atoms with E-state index in [2.05, 4.69) is 10.9 Å². The van der Waals surface area contributed by atoms with Gasteiger partial charge >= 0.3 is 0 Å². The summed E-state index contributed by atoms with van der Waals surface area (Å²) in [5.41, 5.74) is 5.28. The molecule has 1 saturated heterocycles. The van der Waals surface area contributed by atoms with E-state index in [0.717, 1.165) is 16.4 Å². The molecule has 1 unspecified atom stereocenters. The minimum atomic E-state index is -4.18. The van der Waals surface area contributed by atoms with Gasteiger partial charge in [-0.05, 0) is 42.7 Å². The van der Waals surface area contributed by atoms with E-state index in [0.29, 0.717) is 17.7 Å². The van der Waals surface area contributed by atoms with Gasteiger partial charge in [0.2, 0.25) is 15.9 Å². The summed E-state index contributed by atoms with van der Waals surface area (Å²) in [4.78, 5) is 24.1. The molecule has 2 aromatic rings. The zero-order chi connectivity index (χ0) is 21.7. The fraction of sp³-hybridized carbons (Fsp3) is 0.300. The van der Waals surface area contributed by atoms with Gasteiger partial charge in [0.15, 0.2) is 0 Å². The highest BCUT2D eigenvalue weighted by Gasteiger charge is 2.40. The first-order valence-electron chi connectivity index (χ1n) is 9.31. The second-order valence-corrected chi connectivity index (χ2v) is 8.63. The number of benzene rings is 2. The zero-order valence-electron chi connectivity index (χ0n) is 16.3. The van der Waals surface area contributed by atoms with Gasteiger partial charge in [0.1, 0.15) is 22.5 Å². The largest absolute Gasteiger partial charge is 0.497 e. The highest BCUT2D eigenvalue weighted by Crippen LogP contribution is 2.27. The van der Waals surface area contributed by atoms with Gasteiger partial charge in [-0.1, -0.05) is 24.3 Å². The van der Waals surface area contributed by atoms with Crippen LogP contribution >= 0.6 is 0 Å². The molecular formula is C20H22FN3O5S. The fourth-order valence-electron chi connectivity index (χ4n) is 3.26. The third-order valence-electron chi connectivity index (χ3n) is 4.78. The summed E-state index contributed by atoms with van der Waals surface area (Å²) < 4.78 is 45.6. The van der Waals surface area contributed by atoms with Gasteiger partial charge < -0.3 is 4.74 Å². The Morgan fingerprint density at radius 2 is 1.83 bits per heavy atom. The van der Waals surface area contributed by atoms with Crippen LogP contribution in [0.5, 0.6) is 5.75 Å². The van der Waals surface area contributed by atoms with E-state index in [-0.39, 0.29) is 19.4 Å². The summed E-state index contributed by atoms with van der Waals surface area (Å²) in [5, 5.41) is 0. The first-order valence-corrected chi connectivity index (χ1v) is 10.7. The highest BCUT2D eigenvalue weighted by molar-refractivity contribution is 7.89. The topological polar surface area (TPSA) is 105 Å². The van der Waals surface area contributed by atoms with Crippen molar-refractivity contribution in [3.8, 4) is 5.75 Å². The van der Waals surface area contributed by atoms with Gasteiger partial charge in [-0.3, -0.25) is 20.4 Å². The van der Waals surface area contributed by atoms with Gasteiger partial charge in [-0.25, -0.2) is 12.8 Å². The van der Waals surface area contributed by atoms with Crippen LogP contribution in [0.2, 0.25) is 0 Å². The maximum Gasteiger partial charge on any atom is 0.256 e. The van der Waals surface area contributed by atoms with Crippen LogP contribution in [0, 0.1) is 5.82 Å². The number of nitrogens with one attached hydrogen (secondary N) is 2. The van der Waals surface area contributed by atoms with E-state index >= 15 is 0 Å². The van der Waals surface area contributed by atoms with Crippen molar-refractivity contribution in [3.05, 3.63) is 59.9 Å². The second kappa shape index (κ2) is 9.23. The lowest BCUT2D eigenvalue weighted by atomic mass is 10.1. The van der Waals surface area contributed by atoms with Crippen molar-refractivity contribution in [2.75, 3.05) is 13.7 Å². The Kier molecular flexibility index (Phi) is 6.68. The average Bonchev–Trinajstić information content (AvgIpc) is 3.24. The van der Waals surface area contributed by atoms with Crippen molar-refractivity contribution in [3.63, 3.8) is 0 Å². The van der Waals surface area contributed by atoms with Gasteiger partial charge in [0.25, 0.3) is 5.91 Å². The highest BCUT2D eigenvalue weighted by atomic mass is 32.2. The summed E-state index contributed by atoms with van der Waals surface area (Å²) >= 11 is 0. The lowest BCUT2D eigenvalue weighted by molar-refractivity contribution is -0.130. The minimum Gasteiger partial charge on any atom is -0.497 e. The molecule has 1 aliphatic heterocycles. The number of methoxy groups -OCH3 is 1. The van der Waals surface area contributed by atoms with Crippen LogP contribution in [-0.4, -0.2) is 44.2 Å². The van der Waals surface area contributed by atoms with E-state index in [1.165, 1.54) is 19.2 Å². The molecule has 0 spiro atoms. The number of ether oxygens (including phenoxy) is 1. The van der Waals surface area contributed by atoms with Crippen molar-refractivity contribution >= 4 is 21.8 Å². The third kappa shape index (κ3) is 4.77. The van der Waals surface area contributed by atoms with Crippen molar-refractivity contribution < 1.29 is 27.1 Å². The molecule has 160 valence electrons. The fourth-order valence-corrected chi connectivity index (χ4v) is 4.98. The molecule has 30 heavy (non-hydrogen) atoms. The minimum absolute atomic E-state index is 0.0200. The van der Waals surface area contributed by atoms with Crippen molar-refractivity contribution in [2.45, 2.75) is 30.2 Å². The van der Waals surface area contributed by atoms with Gasteiger partial charge in [0, 0.05) is 6.54 Å². The maximum absolute atomic E-state index is 14.0. The number of hydrazine groups is 1. The molecule has 1 atom stereocenters. The molecule has 0 saturated carbocycles. The van der Waals surface area contributed by atoms with E-state index in [4.69, 9.17) is 4.74 Å². The monoisotopic (exact) mass is 435 g/mol. The van der Waals surface area contributed by atoms with Crippen molar-refractivity contribution in [1.82, 2.24) is 15.2 Å². The Labute approximate surface area is 174 Å². The summed E-state index contributed by atoms with van der Waals surface area (Å²) in [7, 11) is -2.65. The van der Waals surface area contributed by atoms with Gasteiger partial charge in [-0.15, -0.1) is 0 Å². The molecular weight excluding hydrogens is 413 g/mol. The predicted octanol–water partition coefficient (Wildman–Crippen LogP) is 1.38. The first kappa shape index (κ1) is 21.7. The number of hydrogen-bond acceptors (Lipinski definition) is 5. The zero-order valence-corrected chi connectivity index (χ0v) is 17.1. The number of amides is 2. The smallest absolute Gasteiger partial charge is 0.256 e. The van der Waals surface area contributed by atoms with Crippen LogP contribution in [0.25, 0.3) is 0 Å². The van der Waals surface area contributed by atoms with E-state index < -0.39 is 38.6 Å².